The zero-order valence-corrected chi connectivity index (χ0v) is 25.9. The molecule has 1 aliphatic carbocycles. The zero-order chi connectivity index (χ0) is 31.1. The fourth-order valence-corrected chi connectivity index (χ4v) is 6.56. The van der Waals surface area contributed by atoms with E-state index < -0.39 is 33.7 Å². The molecule has 2 aromatic rings. The average Bonchev–Trinajstić information content (AvgIpc) is 2.91. The first kappa shape index (κ1) is 34.0. The molecular weight excluding hydrogens is 614 g/mol. The van der Waals surface area contributed by atoms with Crippen molar-refractivity contribution in [3.05, 3.63) is 63.6 Å². The third-order valence-electron chi connectivity index (χ3n) is 7.31. The number of amides is 2. The molecule has 42 heavy (non-hydrogen) atoms. The number of hydrogen-bond acceptors (Lipinski definition) is 4. The number of halogens is 5. The van der Waals surface area contributed by atoms with Crippen molar-refractivity contribution < 1.29 is 31.2 Å². The van der Waals surface area contributed by atoms with Crippen molar-refractivity contribution in [1.29, 1.82) is 0 Å². The summed E-state index contributed by atoms with van der Waals surface area (Å²) < 4.78 is 65.7. The summed E-state index contributed by atoms with van der Waals surface area (Å²) in [6.07, 6.45) is 1.34. The van der Waals surface area contributed by atoms with Crippen molar-refractivity contribution >= 4 is 50.7 Å². The van der Waals surface area contributed by atoms with E-state index in [4.69, 9.17) is 23.2 Å². The molecule has 1 saturated carbocycles. The monoisotopic (exact) mass is 649 g/mol. The molecule has 3 rings (SSSR count). The van der Waals surface area contributed by atoms with Crippen molar-refractivity contribution in [2.45, 2.75) is 83.1 Å². The highest BCUT2D eigenvalue weighted by Crippen LogP contribution is 2.32. The topological polar surface area (TPSA) is 86.8 Å². The lowest BCUT2D eigenvalue weighted by Gasteiger charge is -2.33. The van der Waals surface area contributed by atoms with E-state index in [1.165, 1.54) is 11.0 Å². The predicted octanol–water partition coefficient (Wildman–Crippen LogP) is 6.81. The molecule has 1 N–H and O–H groups in total. The van der Waals surface area contributed by atoms with Crippen molar-refractivity contribution in [3.8, 4) is 0 Å². The third kappa shape index (κ3) is 9.50. The van der Waals surface area contributed by atoms with E-state index in [1.807, 2.05) is 0 Å². The number of carbonyl (C=O) groups is 2. The molecule has 0 unspecified atom stereocenters. The van der Waals surface area contributed by atoms with Gasteiger partial charge in [0.05, 0.1) is 17.5 Å². The molecule has 1 atom stereocenters. The van der Waals surface area contributed by atoms with Crippen LogP contribution in [-0.4, -0.2) is 50.0 Å². The summed E-state index contributed by atoms with van der Waals surface area (Å²) >= 11 is 12.4. The molecule has 0 saturated heterocycles. The van der Waals surface area contributed by atoms with Gasteiger partial charge in [0.25, 0.3) is 0 Å². The van der Waals surface area contributed by atoms with E-state index in [2.05, 4.69) is 5.32 Å². The summed E-state index contributed by atoms with van der Waals surface area (Å²) in [5.41, 5.74) is -0.548. The van der Waals surface area contributed by atoms with Crippen LogP contribution in [0, 0.1) is 0 Å². The van der Waals surface area contributed by atoms with Crippen molar-refractivity contribution in [3.63, 3.8) is 0 Å². The van der Waals surface area contributed by atoms with Crippen LogP contribution in [0.3, 0.4) is 0 Å². The Kier molecular flexibility index (Phi) is 12.0. The molecule has 0 spiro atoms. The maximum absolute atomic E-state index is 13.6. The molecular formula is C29H36Cl2F3N3O4S. The Balaban J connectivity index is 1.81. The fraction of sp³-hybridized carbons (Fsp3) is 0.517. The summed E-state index contributed by atoms with van der Waals surface area (Å²) in [6, 6.07) is 8.11. The van der Waals surface area contributed by atoms with Gasteiger partial charge in [-0.25, -0.2) is 8.42 Å². The van der Waals surface area contributed by atoms with E-state index in [9.17, 15) is 31.2 Å². The van der Waals surface area contributed by atoms with E-state index in [-0.39, 0.29) is 43.6 Å². The smallest absolute Gasteiger partial charge is 0.352 e. The summed E-state index contributed by atoms with van der Waals surface area (Å²) in [5.74, 6) is -0.686. The van der Waals surface area contributed by atoms with Crippen LogP contribution in [0.4, 0.5) is 18.9 Å². The number of anilines is 1. The highest BCUT2D eigenvalue weighted by molar-refractivity contribution is 7.92. The number of sulfonamides is 1. The summed E-state index contributed by atoms with van der Waals surface area (Å²) in [7, 11) is -3.96. The first-order valence-corrected chi connectivity index (χ1v) is 16.5. The molecule has 2 amide bonds. The normalized spacial score (nSPS) is 15.2. The van der Waals surface area contributed by atoms with Gasteiger partial charge in [-0.2, -0.15) is 13.2 Å². The number of hydrogen-bond donors (Lipinski definition) is 1. The van der Waals surface area contributed by atoms with Crippen LogP contribution in [0.25, 0.3) is 0 Å². The minimum Gasteiger partial charge on any atom is -0.352 e. The van der Waals surface area contributed by atoms with Crippen LogP contribution in [0.15, 0.2) is 42.5 Å². The van der Waals surface area contributed by atoms with Crippen LogP contribution in [-0.2, 0) is 32.3 Å². The van der Waals surface area contributed by atoms with E-state index in [1.54, 1.807) is 25.1 Å². The second-order valence-corrected chi connectivity index (χ2v) is 13.3. The molecule has 13 heteroatoms. The second-order valence-electron chi connectivity index (χ2n) is 10.5. The van der Waals surface area contributed by atoms with Crippen molar-refractivity contribution in [2.75, 3.05) is 17.1 Å². The number of rotatable bonds is 12. The quantitative estimate of drug-likeness (QED) is 0.274. The minimum absolute atomic E-state index is 0.00762. The number of carbonyl (C=O) groups excluding carboxylic acids is 2. The van der Waals surface area contributed by atoms with Gasteiger partial charge in [-0.1, -0.05) is 61.5 Å². The maximum Gasteiger partial charge on any atom is 0.416 e. The first-order valence-electron chi connectivity index (χ1n) is 13.9. The van der Waals surface area contributed by atoms with Gasteiger partial charge in [-0.15, -0.1) is 0 Å². The molecule has 2 aromatic carbocycles. The Labute approximate surface area is 255 Å². The van der Waals surface area contributed by atoms with Crippen LogP contribution < -0.4 is 9.62 Å². The SMILES string of the molecule is CC[C@@H](C(=O)NC1CCCCC1)N(Cc1ccc(Cl)cc1Cl)C(=O)CCCN(c1cccc(C(F)(F)F)c1)S(C)(=O)=O. The highest BCUT2D eigenvalue weighted by atomic mass is 35.5. The molecule has 0 aliphatic heterocycles. The standard InChI is InChI=1S/C29H36Cl2F3N3O4S/c1-3-26(28(39)35-23-10-5-4-6-11-23)36(19-20-14-15-22(30)18-25(20)31)27(38)13-8-16-37(42(2,40)41)24-12-7-9-21(17-24)29(32,33)34/h7,9,12,14-15,17-18,23,26H,3-6,8,10-11,13,16,19H2,1-2H3,(H,35,39)/t26-/m0/s1. The van der Waals surface area contributed by atoms with Gasteiger partial charge in [-0.05, 0) is 61.6 Å². The number of nitrogens with one attached hydrogen (secondary N) is 1. The Morgan fingerprint density at radius 1 is 1.07 bits per heavy atom. The molecule has 0 heterocycles. The van der Waals surface area contributed by atoms with Gasteiger partial charge in [-0.3, -0.25) is 13.9 Å². The summed E-state index contributed by atoms with van der Waals surface area (Å²) in [5, 5.41) is 3.83. The van der Waals surface area contributed by atoms with Crippen molar-refractivity contribution in [2.24, 2.45) is 0 Å². The number of nitrogens with zero attached hydrogens (tertiary/aromatic N) is 2. The van der Waals surface area contributed by atoms with Gasteiger partial charge in [0.1, 0.15) is 6.04 Å². The highest BCUT2D eigenvalue weighted by Gasteiger charge is 2.33. The van der Waals surface area contributed by atoms with Gasteiger partial charge in [0.2, 0.25) is 21.8 Å². The van der Waals surface area contributed by atoms with Gasteiger partial charge in [0.15, 0.2) is 0 Å². The molecule has 232 valence electrons. The van der Waals surface area contributed by atoms with Crippen LogP contribution in [0.5, 0.6) is 0 Å². The van der Waals surface area contributed by atoms with Crippen LogP contribution >= 0.6 is 23.2 Å². The number of benzene rings is 2. The first-order chi connectivity index (χ1) is 19.7. The number of alkyl halides is 3. The Bertz CT molecular complexity index is 1350. The average molecular weight is 651 g/mol. The fourth-order valence-electron chi connectivity index (χ4n) is 5.14. The Morgan fingerprint density at radius 2 is 1.76 bits per heavy atom. The largest absolute Gasteiger partial charge is 0.416 e. The van der Waals surface area contributed by atoms with E-state index >= 15 is 0 Å². The van der Waals surface area contributed by atoms with Crippen molar-refractivity contribution in [1.82, 2.24) is 10.2 Å². The lowest BCUT2D eigenvalue weighted by molar-refractivity contribution is -0.141. The Hall–Kier alpha value is -2.50. The van der Waals surface area contributed by atoms with Crippen LogP contribution in [0.1, 0.15) is 69.4 Å². The molecule has 1 fully saturated rings. The molecule has 0 bridgehead atoms. The van der Waals surface area contributed by atoms with Gasteiger partial charge >= 0.3 is 6.18 Å². The lowest BCUT2D eigenvalue weighted by atomic mass is 9.95. The van der Waals surface area contributed by atoms with E-state index in [0.29, 0.717) is 22.0 Å². The van der Waals surface area contributed by atoms with Crippen LogP contribution in [0.2, 0.25) is 10.0 Å². The molecule has 0 radical (unpaired) electrons. The lowest BCUT2D eigenvalue weighted by Crippen LogP contribution is -2.51. The van der Waals surface area contributed by atoms with E-state index in [0.717, 1.165) is 60.9 Å². The van der Waals surface area contributed by atoms with Gasteiger partial charge in [0, 0.05) is 35.6 Å². The zero-order valence-electron chi connectivity index (χ0n) is 23.6. The molecule has 1 aliphatic rings. The Morgan fingerprint density at radius 3 is 2.36 bits per heavy atom. The summed E-state index contributed by atoms with van der Waals surface area (Å²) in [4.78, 5) is 28.5. The molecule has 7 nitrogen and oxygen atoms in total. The minimum atomic E-state index is -4.65. The molecule has 0 aromatic heterocycles. The third-order valence-corrected chi connectivity index (χ3v) is 9.09. The predicted molar refractivity (Wildman–Crippen MR) is 159 cm³/mol. The summed E-state index contributed by atoms with van der Waals surface area (Å²) in [6.45, 7) is 1.59. The van der Waals surface area contributed by atoms with Gasteiger partial charge < -0.3 is 10.2 Å². The second kappa shape index (κ2) is 14.8. The maximum atomic E-state index is 13.6.